The minimum absolute atomic E-state index is 0.0958. The van der Waals surface area contributed by atoms with Gasteiger partial charge in [0.25, 0.3) is 10.0 Å². The first kappa shape index (κ1) is 18.9. The van der Waals surface area contributed by atoms with Crippen molar-refractivity contribution in [3.05, 3.63) is 72.2 Å². The first-order chi connectivity index (χ1) is 13.9. The molecule has 0 radical (unpaired) electrons. The summed E-state index contributed by atoms with van der Waals surface area (Å²) in [5.41, 5.74) is 3.74. The number of anilines is 1. The normalized spacial score (nSPS) is 11.6. The lowest BCUT2D eigenvalue weighted by Crippen LogP contribution is -2.14. The van der Waals surface area contributed by atoms with Crippen LogP contribution in [0, 0.1) is 13.8 Å². The molecular formula is C21H20N4O3S. The first-order valence-corrected chi connectivity index (χ1v) is 10.4. The van der Waals surface area contributed by atoms with Gasteiger partial charge in [-0.2, -0.15) is 0 Å². The molecule has 0 aliphatic rings. The topological polar surface area (TPSA) is 85.6 Å². The third kappa shape index (κ3) is 3.54. The average Bonchev–Trinajstić information content (AvgIpc) is 3.05. The third-order valence-corrected chi connectivity index (χ3v) is 6.04. The molecule has 2 aromatic heterocycles. The van der Waals surface area contributed by atoms with Gasteiger partial charge in [-0.05, 0) is 49.7 Å². The number of rotatable bonds is 5. The van der Waals surface area contributed by atoms with Gasteiger partial charge >= 0.3 is 0 Å². The van der Waals surface area contributed by atoms with E-state index in [9.17, 15) is 8.42 Å². The van der Waals surface area contributed by atoms with Crippen molar-refractivity contribution in [2.75, 3.05) is 11.8 Å². The fraction of sp³-hybridized carbons (Fsp3) is 0.143. The Balaban J connectivity index is 1.73. The van der Waals surface area contributed by atoms with Crippen molar-refractivity contribution in [3.63, 3.8) is 0 Å². The van der Waals surface area contributed by atoms with Crippen molar-refractivity contribution in [2.24, 2.45) is 0 Å². The van der Waals surface area contributed by atoms with E-state index in [2.05, 4.69) is 14.7 Å². The van der Waals surface area contributed by atoms with Crippen LogP contribution in [-0.2, 0) is 10.0 Å². The number of imidazole rings is 1. The summed E-state index contributed by atoms with van der Waals surface area (Å²) in [4.78, 5) is 8.93. The molecule has 4 aromatic rings. The number of hydrogen-bond acceptors (Lipinski definition) is 5. The molecule has 0 unspecified atom stereocenters. The zero-order valence-electron chi connectivity index (χ0n) is 16.2. The molecule has 0 atom stereocenters. The second-order valence-electron chi connectivity index (χ2n) is 6.68. The quantitative estimate of drug-likeness (QED) is 0.543. The second-order valence-corrected chi connectivity index (χ2v) is 8.33. The molecule has 4 rings (SSSR count). The molecule has 0 saturated carbocycles. The minimum atomic E-state index is -3.83. The molecule has 0 bridgehead atoms. The Morgan fingerprint density at radius 2 is 1.90 bits per heavy atom. The van der Waals surface area contributed by atoms with E-state index in [4.69, 9.17) is 4.74 Å². The highest BCUT2D eigenvalue weighted by atomic mass is 32.2. The molecule has 0 aliphatic carbocycles. The summed E-state index contributed by atoms with van der Waals surface area (Å²) in [5.74, 6) is 0.886. The second kappa shape index (κ2) is 7.21. The molecule has 0 aliphatic heterocycles. The molecule has 0 amide bonds. The van der Waals surface area contributed by atoms with Crippen LogP contribution in [-0.4, -0.2) is 29.9 Å². The fourth-order valence-electron chi connectivity index (χ4n) is 3.21. The van der Waals surface area contributed by atoms with E-state index in [1.165, 1.54) is 7.11 Å². The number of benzene rings is 2. The molecule has 148 valence electrons. The zero-order chi connectivity index (χ0) is 20.6. The van der Waals surface area contributed by atoms with E-state index in [1.807, 2.05) is 36.6 Å². The van der Waals surface area contributed by atoms with Crippen LogP contribution < -0.4 is 9.46 Å². The average molecular weight is 408 g/mol. The van der Waals surface area contributed by atoms with E-state index >= 15 is 0 Å². The number of nitrogens with zero attached hydrogens (tertiary/aromatic N) is 3. The molecule has 29 heavy (non-hydrogen) atoms. The summed E-state index contributed by atoms with van der Waals surface area (Å²) >= 11 is 0. The van der Waals surface area contributed by atoms with Crippen molar-refractivity contribution in [1.29, 1.82) is 0 Å². The van der Waals surface area contributed by atoms with Gasteiger partial charge in [0.1, 0.15) is 10.6 Å². The Labute approximate surface area is 169 Å². The summed E-state index contributed by atoms with van der Waals surface area (Å²) in [6, 6.07) is 14.0. The molecule has 0 saturated heterocycles. The van der Waals surface area contributed by atoms with Gasteiger partial charge in [-0.15, -0.1) is 0 Å². The van der Waals surface area contributed by atoms with Crippen LogP contribution in [0.1, 0.15) is 11.3 Å². The SMILES string of the molecule is COc1ccc(C)cc1S(=O)(=O)Nc1cccc(-c2nc3ncccn3c2C)c1. The predicted molar refractivity (Wildman–Crippen MR) is 112 cm³/mol. The van der Waals surface area contributed by atoms with Gasteiger partial charge in [-0.3, -0.25) is 9.12 Å². The van der Waals surface area contributed by atoms with Gasteiger partial charge in [0.2, 0.25) is 5.78 Å². The Morgan fingerprint density at radius 3 is 2.66 bits per heavy atom. The number of fused-ring (bicyclic) bond motifs is 1. The molecular weight excluding hydrogens is 388 g/mol. The van der Waals surface area contributed by atoms with Gasteiger partial charge in [0, 0.05) is 29.3 Å². The number of methoxy groups -OCH3 is 1. The molecule has 7 nitrogen and oxygen atoms in total. The monoisotopic (exact) mass is 408 g/mol. The van der Waals surface area contributed by atoms with Gasteiger partial charge < -0.3 is 4.74 Å². The van der Waals surface area contributed by atoms with Crippen molar-refractivity contribution >= 4 is 21.5 Å². The number of aryl methyl sites for hydroxylation is 2. The van der Waals surface area contributed by atoms with E-state index < -0.39 is 10.0 Å². The van der Waals surface area contributed by atoms with Crippen LogP contribution in [0.4, 0.5) is 5.69 Å². The number of hydrogen-bond donors (Lipinski definition) is 1. The highest BCUT2D eigenvalue weighted by Gasteiger charge is 2.20. The van der Waals surface area contributed by atoms with Gasteiger partial charge in [0.15, 0.2) is 0 Å². The van der Waals surface area contributed by atoms with Crippen LogP contribution in [0.15, 0.2) is 65.8 Å². The van der Waals surface area contributed by atoms with Crippen molar-refractivity contribution in [3.8, 4) is 17.0 Å². The largest absolute Gasteiger partial charge is 0.495 e. The lowest BCUT2D eigenvalue weighted by atomic mass is 10.1. The first-order valence-electron chi connectivity index (χ1n) is 8.96. The van der Waals surface area contributed by atoms with E-state index in [0.717, 1.165) is 22.5 Å². The molecule has 0 spiro atoms. The van der Waals surface area contributed by atoms with Gasteiger partial charge in [-0.25, -0.2) is 18.4 Å². The number of ether oxygens (including phenoxy) is 1. The minimum Gasteiger partial charge on any atom is -0.495 e. The third-order valence-electron chi connectivity index (χ3n) is 4.64. The lowest BCUT2D eigenvalue weighted by molar-refractivity contribution is 0.402. The van der Waals surface area contributed by atoms with Crippen molar-refractivity contribution in [2.45, 2.75) is 18.7 Å². The van der Waals surface area contributed by atoms with Crippen LogP contribution in [0.3, 0.4) is 0 Å². The Morgan fingerprint density at radius 1 is 1.07 bits per heavy atom. The summed E-state index contributed by atoms with van der Waals surface area (Å²) in [5, 5.41) is 0. The standard InChI is InChI=1S/C21H20N4O3S/c1-14-8-9-18(28-3)19(12-14)29(26,27)24-17-7-4-6-16(13-17)20-15(2)25-11-5-10-22-21(25)23-20/h4-13,24H,1-3H3. The van der Waals surface area contributed by atoms with E-state index in [0.29, 0.717) is 17.2 Å². The fourth-order valence-corrected chi connectivity index (χ4v) is 4.51. The molecule has 2 heterocycles. The number of aromatic nitrogens is 3. The zero-order valence-corrected chi connectivity index (χ0v) is 17.1. The summed E-state index contributed by atoms with van der Waals surface area (Å²) < 4.78 is 35.7. The molecule has 0 fully saturated rings. The Hall–Kier alpha value is -3.39. The highest BCUT2D eigenvalue weighted by molar-refractivity contribution is 7.92. The summed E-state index contributed by atoms with van der Waals surface area (Å²) in [6.45, 7) is 3.78. The predicted octanol–water partition coefficient (Wildman–Crippen LogP) is 3.82. The molecule has 2 aromatic carbocycles. The Kier molecular flexibility index (Phi) is 4.71. The van der Waals surface area contributed by atoms with Crippen LogP contribution in [0.5, 0.6) is 5.75 Å². The number of sulfonamides is 1. The number of nitrogens with one attached hydrogen (secondary N) is 1. The van der Waals surface area contributed by atoms with Crippen molar-refractivity contribution in [1.82, 2.24) is 14.4 Å². The summed E-state index contributed by atoms with van der Waals surface area (Å²) in [6.07, 6.45) is 3.58. The lowest BCUT2D eigenvalue weighted by Gasteiger charge is -2.13. The smallest absolute Gasteiger partial charge is 0.265 e. The van der Waals surface area contributed by atoms with Gasteiger partial charge in [-0.1, -0.05) is 18.2 Å². The highest BCUT2D eigenvalue weighted by Crippen LogP contribution is 2.29. The molecule has 8 heteroatoms. The maximum atomic E-state index is 13.0. The maximum Gasteiger partial charge on any atom is 0.265 e. The summed E-state index contributed by atoms with van der Waals surface area (Å²) in [7, 11) is -2.38. The van der Waals surface area contributed by atoms with Gasteiger partial charge in [0.05, 0.1) is 12.8 Å². The maximum absolute atomic E-state index is 13.0. The molecule has 1 N–H and O–H groups in total. The van der Waals surface area contributed by atoms with E-state index in [1.54, 1.807) is 42.6 Å². The van der Waals surface area contributed by atoms with E-state index in [-0.39, 0.29) is 4.90 Å². The van der Waals surface area contributed by atoms with Crippen LogP contribution >= 0.6 is 0 Å². The Bertz CT molecular complexity index is 1310. The van der Waals surface area contributed by atoms with Crippen molar-refractivity contribution < 1.29 is 13.2 Å². The van der Waals surface area contributed by atoms with Crippen LogP contribution in [0.25, 0.3) is 17.0 Å². The van der Waals surface area contributed by atoms with Crippen LogP contribution in [0.2, 0.25) is 0 Å².